The Labute approximate surface area is 91.4 Å². The van der Waals surface area contributed by atoms with E-state index in [2.05, 4.69) is 0 Å². The van der Waals surface area contributed by atoms with E-state index in [4.69, 9.17) is 15.4 Å². The van der Waals surface area contributed by atoms with Crippen LogP contribution in [0.5, 0.6) is 5.75 Å². The second kappa shape index (κ2) is 3.99. The number of rotatable bonds is 3. The summed E-state index contributed by atoms with van der Waals surface area (Å²) in [5.41, 5.74) is 0. The average Bonchev–Trinajstić information content (AvgIpc) is 2.16. The molecular weight excluding hydrogens is 264 g/mol. The quantitative estimate of drug-likeness (QED) is 0.604. The summed E-state index contributed by atoms with van der Waals surface area (Å²) in [6, 6.07) is 5.04. The molecule has 0 unspecified atom stereocenters. The number of ether oxygens (including phenoxy) is 1. The van der Waals surface area contributed by atoms with Gasteiger partial charge in [-0.3, -0.25) is 0 Å². The highest BCUT2D eigenvalue weighted by molar-refractivity contribution is 8.75. The van der Waals surface area contributed by atoms with E-state index in [-0.39, 0.29) is 5.75 Å². The fourth-order valence-electron chi connectivity index (χ4n) is 0.872. The van der Waals surface area contributed by atoms with Crippen molar-refractivity contribution < 1.29 is 21.6 Å². The van der Waals surface area contributed by atoms with E-state index in [9.17, 15) is 16.8 Å². The van der Waals surface area contributed by atoms with Crippen LogP contribution in [0.25, 0.3) is 0 Å². The Morgan fingerprint density at radius 1 is 1.20 bits per heavy atom. The summed E-state index contributed by atoms with van der Waals surface area (Å²) in [6.45, 7) is 0. The van der Waals surface area contributed by atoms with E-state index in [1.54, 1.807) is 0 Å². The molecule has 0 amide bonds. The van der Waals surface area contributed by atoms with Gasteiger partial charge in [-0.2, -0.15) is 8.42 Å². The van der Waals surface area contributed by atoms with Gasteiger partial charge in [-0.15, -0.1) is 0 Å². The van der Waals surface area contributed by atoms with Crippen LogP contribution in [0.15, 0.2) is 29.2 Å². The number of halogens is 1. The third kappa shape index (κ3) is 2.42. The zero-order valence-corrected chi connectivity index (χ0v) is 9.93. The molecule has 1 aromatic carbocycles. The fourth-order valence-corrected chi connectivity index (χ4v) is 3.26. The lowest BCUT2D eigenvalue weighted by Gasteiger charge is -2.02. The molecule has 0 heterocycles. The van der Waals surface area contributed by atoms with Crippen LogP contribution < -0.4 is 4.74 Å². The third-order valence-corrected chi connectivity index (χ3v) is 6.59. The summed E-state index contributed by atoms with van der Waals surface area (Å²) in [5, 5.41) is 0. The molecule has 0 saturated carbocycles. The van der Waals surface area contributed by atoms with Gasteiger partial charge in [0.25, 0.3) is 8.87 Å². The molecular formula is C7H7ClO5S2. The molecule has 5 nitrogen and oxygen atoms in total. The van der Waals surface area contributed by atoms with Crippen molar-refractivity contribution >= 4 is 27.6 Å². The van der Waals surface area contributed by atoms with Crippen LogP contribution in [-0.4, -0.2) is 23.9 Å². The van der Waals surface area contributed by atoms with Crippen molar-refractivity contribution in [2.75, 3.05) is 7.11 Å². The van der Waals surface area contributed by atoms with Gasteiger partial charge in [0.15, 0.2) is 0 Å². The Balaban J connectivity index is 3.42. The monoisotopic (exact) mass is 270 g/mol. The topological polar surface area (TPSA) is 77.5 Å². The number of hydrogen-bond donors (Lipinski definition) is 0. The Morgan fingerprint density at radius 2 is 1.80 bits per heavy atom. The average molecular weight is 271 g/mol. The molecule has 0 atom stereocenters. The van der Waals surface area contributed by atoms with Crippen LogP contribution in [-0.2, 0) is 17.0 Å². The number of methoxy groups -OCH3 is 1. The number of hydrogen-bond acceptors (Lipinski definition) is 5. The maximum atomic E-state index is 11.3. The molecule has 0 fully saturated rings. The first-order valence-corrected chi connectivity index (χ1v) is 7.93. The minimum atomic E-state index is -4.69. The van der Waals surface area contributed by atoms with Gasteiger partial charge in [-0.25, -0.2) is 8.42 Å². The standard InChI is InChI=1S/C7H7ClO5S2/c1-13-6-3-2-4-7(5-6)14(9,10)15(8,11)12/h2-5H,1H3. The summed E-state index contributed by atoms with van der Waals surface area (Å²) >= 11 is 0. The van der Waals surface area contributed by atoms with Gasteiger partial charge in [0.2, 0.25) is 0 Å². The van der Waals surface area contributed by atoms with Crippen molar-refractivity contribution in [3.8, 4) is 5.75 Å². The van der Waals surface area contributed by atoms with Crippen LogP contribution >= 0.6 is 10.7 Å². The van der Waals surface area contributed by atoms with Gasteiger partial charge in [-0.1, -0.05) is 6.07 Å². The van der Waals surface area contributed by atoms with Crippen molar-refractivity contribution in [2.45, 2.75) is 4.90 Å². The maximum absolute atomic E-state index is 11.3. The first kappa shape index (κ1) is 12.3. The predicted octanol–water partition coefficient (Wildman–Crippen LogP) is 0.953. The molecule has 84 valence electrons. The van der Waals surface area contributed by atoms with Crippen LogP contribution in [0.3, 0.4) is 0 Å². The molecule has 0 N–H and O–H groups in total. The van der Waals surface area contributed by atoms with Crippen molar-refractivity contribution in [3.63, 3.8) is 0 Å². The number of benzene rings is 1. The summed E-state index contributed by atoms with van der Waals surface area (Å²) in [5.74, 6) is 0.233. The molecule has 0 bridgehead atoms. The highest BCUT2D eigenvalue weighted by atomic mass is 35.8. The molecule has 8 heteroatoms. The molecule has 1 aromatic rings. The Morgan fingerprint density at radius 3 is 2.27 bits per heavy atom. The minimum Gasteiger partial charge on any atom is -0.497 e. The molecule has 15 heavy (non-hydrogen) atoms. The zero-order chi connectivity index (χ0) is 11.7. The van der Waals surface area contributed by atoms with Crippen LogP contribution in [0, 0.1) is 0 Å². The zero-order valence-electron chi connectivity index (χ0n) is 7.55. The summed E-state index contributed by atoms with van der Waals surface area (Å²) in [4.78, 5) is -0.420. The van der Waals surface area contributed by atoms with E-state index in [0.29, 0.717) is 0 Å². The van der Waals surface area contributed by atoms with E-state index in [1.165, 1.54) is 19.2 Å². The van der Waals surface area contributed by atoms with E-state index in [0.717, 1.165) is 12.1 Å². The van der Waals surface area contributed by atoms with E-state index in [1.807, 2.05) is 0 Å². The smallest absolute Gasteiger partial charge is 0.342 e. The minimum absolute atomic E-state index is 0.233. The van der Waals surface area contributed by atoms with Gasteiger partial charge in [0.1, 0.15) is 5.75 Å². The van der Waals surface area contributed by atoms with Gasteiger partial charge in [0, 0.05) is 10.7 Å². The second-order valence-corrected chi connectivity index (χ2v) is 9.09. The Bertz CT molecular complexity index is 561. The Kier molecular flexibility index (Phi) is 3.27. The van der Waals surface area contributed by atoms with Crippen molar-refractivity contribution in [1.29, 1.82) is 0 Å². The highest BCUT2D eigenvalue weighted by Gasteiger charge is 2.29. The molecule has 0 saturated heterocycles. The summed E-state index contributed by atoms with van der Waals surface area (Å²) in [6.07, 6.45) is 0. The molecule has 0 aliphatic heterocycles. The first-order valence-electron chi connectivity index (χ1n) is 3.63. The lowest BCUT2D eigenvalue weighted by atomic mass is 10.3. The van der Waals surface area contributed by atoms with Gasteiger partial charge < -0.3 is 4.74 Å². The largest absolute Gasteiger partial charge is 0.497 e. The molecule has 0 aromatic heterocycles. The van der Waals surface area contributed by atoms with Crippen molar-refractivity contribution in [1.82, 2.24) is 0 Å². The van der Waals surface area contributed by atoms with Crippen molar-refractivity contribution in [3.05, 3.63) is 24.3 Å². The van der Waals surface area contributed by atoms with Gasteiger partial charge in [-0.05, 0) is 18.2 Å². The van der Waals surface area contributed by atoms with Gasteiger partial charge in [0.05, 0.1) is 12.0 Å². The molecule has 0 spiro atoms. The lowest BCUT2D eigenvalue weighted by Crippen LogP contribution is -2.09. The second-order valence-electron chi connectivity index (χ2n) is 2.53. The van der Waals surface area contributed by atoms with E-state index < -0.39 is 21.8 Å². The molecule has 0 radical (unpaired) electrons. The van der Waals surface area contributed by atoms with Crippen molar-refractivity contribution in [2.24, 2.45) is 0 Å². The maximum Gasteiger partial charge on any atom is 0.342 e. The lowest BCUT2D eigenvalue weighted by molar-refractivity contribution is 0.413. The van der Waals surface area contributed by atoms with Gasteiger partial charge >= 0.3 is 8.08 Å². The molecule has 0 aliphatic carbocycles. The third-order valence-electron chi connectivity index (χ3n) is 1.59. The predicted molar refractivity (Wildman–Crippen MR) is 55.0 cm³/mol. The van der Waals surface area contributed by atoms with Crippen LogP contribution in [0.2, 0.25) is 0 Å². The molecule has 1 rings (SSSR count). The van der Waals surface area contributed by atoms with E-state index >= 15 is 0 Å². The van der Waals surface area contributed by atoms with Crippen LogP contribution in [0.4, 0.5) is 0 Å². The Hall–Kier alpha value is -0.790. The SMILES string of the molecule is COc1cccc(S(=O)(=O)S(=O)(=O)Cl)c1. The first-order chi connectivity index (χ1) is 6.79. The highest BCUT2D eigenvalue weighted by Crippen LogP contribution is 2.23. The summed E-state index contributed by atoms with van der Waals surface area (Å²) in [7, 11) is -3.11. The fraction of sp³-hybridized carbons (Fsp3) is 0.143. The van der Waals surface area contributed by atoms with Crippen LogP contribution in [0.1, 0.15) is 0 Å². The summed E-state index contributed by atoms with van der Waals surface area (Å²) < 4.78 is 49.0. The normalized spacial score (nSPS) is 12.4. The molecule has 0 aliphatic rings.